The van der Waals surface area contributed by atoms with Crippen molar-refractivity contribution >= 4 is 12.4 Å². The minimum absolute atomic E-state index is 0. The largest absolute Gasteiger partial charge is 0.308 e. The number of hydrogen-bond donors (Lipinski definition) is 1. The van der Waals surface area contributed by atoms with Crippen molar-refractivity contribution in [2.24, 2.45) is 13.0 Å². The summed E-state index contributed by atoms with van der Waals surface area (Å²) in [5.74, 6) is 0.624. The van der Waals surface area contributed by atoms with E-state index in [1.807, 2.05) is 28.8 Å². The second-order valence-electron chi connectivity index (χ2n) is 5.45. The predicted octanol–water partition coefficient (Wildman–Crippen LogP) is 2.29. The van der Waals surface area contributed by atoms with Crippen molar-refractivity contribution in [2.45, 2.75) is 40.4 Å². The minimum Gasteiger partial charge on any atom is -0.308 e. The lowest BCUT2D eigenvalue weighted by atomic mass is 10.2. The zero-order valence-electron chi connectivity index (χ0n) is 12.6. The summed E-state index contributed by atoms with van der Waals surface area (Å²) in [4.78, 5) is 0. The molecule has 0 spiro atoms. The van der Waals surface area contributed by atoms with E-state index in [1.54, 1.807) is 0 Å². The summed E-state index contributed by atoms with van der Waals surface area (Å²) in [7, 11) is 1.97. The number of hydrogen-bond acceptors (Lipinski definition) is 3. The van der Waals surface area contributed by atoms with Gasteiger partial charge in [0.25, 0.3) is 0 Å². The maximum atomic E-state index is 4.36. The Labute approximate surface area is 126 Å². The van der Waals surface area contributed by atoms with Gasteiger partial charge in [-0.1, -0.05) is 13.8 Å². The van der Waals surface area contributed by atoms with E-state index in [0.717, 1.165) is 19.6 Å². The summed E-state index contributed by atoms with van der Waals surface area (Å²) in [5, 5.41) is 12.0. The van der Waals surface area contributed by atoms with Crippen molar-refractivity contribution in [3.8, 4) is 0 Å². The maximum absolute atomic E-state index is 4.36. The Morgan fingerprint density at radius 1 is 1.20 bits per heavy atom. The molecule has 1 N–H and O–H groups in total. The van der Waals surface area contributed by atoms with Gasteiger partial charge in [-0.05, 0) is 12.8 Å². The normalized spacial score (nSPS) is 10.8. The van der Waals surface area contributed by atoms with E-state index in [1.165, 1.54) is 16.8 Å². The monoisotopic (exact) mass is 297 g/mol. The van der Waals surface area contributed by atoms with E-state index < -0.39 is 0 Å². The van der Waals surface area contributed by atoms with Gasteiger partial charge in [-0.3, -0.25) is 9.36 Å². The molecule has 0 bridgehead atoms. The van der Waals surface area contributed by atoms with Crippen LogP contribution in [0, 0.1) is 12.8 Å². The average Bonchev–Trinajstić information content (AvgIpc) is 2.90. The van der Waals surface area contributed by atoms with Crippen molar-refractivity contribution in [2.75, 3.05) is 0 Å². The molecule has 2 aromatic heterocycles. The van der Waals surface area contributed by atoms with E-state index in [2.05, 4.69) is 42.5 Å². The summed E-state index contributed by atoms with van der Waals surface area (Å²) in [6, 6.07) is 0. The minimum atomic E-state index is 0. The fourth-order valence-corrected chi connectivity index (χ4v) is 2.03. The molecule has 5 nitrogen and oxygen atoms in total. The Kier molecular flexibility index (Phi) is 6.23. The van der Waals surface area contributed by atoms with Crippen LogP contribution in [-0.4, -0.2) is 19.6 Å². The number of aromatic nitrogens is 4. The lowest BCUT2D eigenvalue weighted by Crippen LogP contribution is -2.13. The first-order chi connectivity index (χ1) is 9.06. The van der Waals surface area contributed by atoms with E-state index in [0.29, 0.717) is 5.92 Å². The van der Waals surface area contributed by atoms with Crippen LogP contribution in [-0.2, 0) is 26.7 Å². The molecule has 0 aliphatic heterocycles. The van der Waals surface area contributed by atoms with Crippen LogP contribution < -0.4 is 5.32 Å². The summed E-state index contributed by atoms with van der Waals surface area (Å²) in [6.45, 7) is 9.14. The van der Waals surface area contributed by atoms with Crippen molar-refractivity contribution in [1.82, 2.24) is 24.9 Å². The molecule has 0 aliphatic rings. The van der Waals surface area contributed by atoms with Crippen LogP contribution in [0.2, 0.25) is 0 Å². The molecular formula is C14H24ClN5. The molecule has 0 aliphatic carbocycles. The first-order valence-electron chi connectivity index (χ1n) is 6.75. The molecule has 112 valence electrons. The molecule has 0 radical (unpaired) electrons. The molecule has 2 heterocycles. The molecule has 0 amide bonds. The highest BCUT2D eigenvalue weighted by molar-refractivity contribution is 5.85. The number of aryl methyl sites for hydroxylation is 1. The molecular weight excluding hydrogens is 274 g/mol. The molecule has 2 rings (SSSR count). The van der Waals surface area contributed by atoms with Crippen LogP contribution in [0.5, 0.6) is 0 Å². The highest BCUT2D eigenvalue weighted by Gasteiger charge is 2.04. The van der Waals surface area contributed by atoms with Gasteiger partial charge in [0.15, 0.2) is 0 Å². The third kappa shape index (κ3) is 4.35. The van der Waals surface area contributed by atoms with Crippen LogP contribution >= 0.6 is 12.4 Å². The van der Waals surface area contributed by atoms with Crippen LogP contribution in [0.25, 0.3) is 0 Å². The maximum Gasteiger partial charge on any atom is 0.0537 e. The summed E-state index contributed by atoms with van der Waals surface area (Å²) in [5.41, 5.74) is 3.68. The smallest absolute Gasteiger partial charge is 0.0537 e. The van der Waals surface area contributed by atoms with Crippen molar-refractivity contribution in [3.05, 3.63) is 35.4 Å². The van der Waals surface area contributed by atoms with Gasteiger partial charge in [-0.25, -0.2) is 0 Å². The van der Waals surface area contributed by atoms with Crippen LogP contribution in [0.4, 0.5) is 0 Å². The Balaban J connectivity index is 0.00000200. The molecule has 0 saturated heterocycles. The fourth-order valence-electron chi connectivity index (χ4n) is 2.03. The summed E-state index contributed by atoms with van der Waals surface area (Å²) < 4.78 is 3.91. The summed E-state index contributed by atoms with van der Waals surface area (Å²) >= 11 is 0. The lowest BCUT2D eigenvalue weighted by molar-refractivity contribution is 0.482. The molecule has 0 aromatic carbocycles. The Hall–Kier alpha value is -1.33. The van der Waals surface area contributed by atoms with E-state index >= 15 is 0 Å². The second kappa shape index (κ2) is 7.45. The molecule has 0 fully saturated rings. The van der Waals surface area contributed by atoms with Gasteiger partial charge in [0.1, 0.15) is 0 Å². The highest BCUT2D eigenvalue weighted by Crippen LogP contribution is 2.06. The molecule has 2 aromatic rings. The third-order valence-corrected chi connectivity index (χ3v) is 3.22. The molecule has 0 unspecified atom stereocenters. The van der Waals surface area contributed by atoms with Gasteiger partial charge >= 0.3 is 0 Å². The van der Waals surface area contributed by atoms with Crippen LogP contribution in [0.15, 0.2) is 18.6 Å². The molecule has 0 saturated carbocycles. The Morgan fingerprint density at radius 3 is 2.55 bits per heavy atom. The molecule has 6 heteroatoms. The number of rotatable bonds is 6. The van der Waals surface area contributed by atoms with Crippen molar-refractivity contribution in [3.63, 3.8) is 0 Å². The summed E-state index contributed by atoms with van der Waals surface area (Å²) in [6.07, 6.45) is 5.97. The average molecular weight is 298 g/mol. The number of halogens is 1. The topological polar surface area (TPSA) is 47.7 Å². The number of nitrogens with zero attached hydrogens (tertiary/aromatic N) is 4. The lowest BCUT2D eigenvalue weighted by Gasteiger charge is -2.04. The first-order valence-corrected chi connectivity index (χ1v) is 6.75. The van der Waals surface area contributed by atoms with Crippen LogP contribution in [0.3, 0.4) is 0 Å². The zero-order valence-corrected chi connectivity index (χ0v) is 13.4. The number of nitrogens with one attached hydrogen (secondary N) is 1. The Bertz CT molecular complexity index is 529. The van der Waals surface area contributed by atoms with Gasteiger partial charge in [-0.2, -0.15) is 10.2 Å². The zero-order chi connectivity index (χ0) is 13.8. The van der Waals surface area contributed by atoms with Crippen LogP contribution in [0.1, 0.15) is 30.7 Å². The van der Waals surface area contributed by atoms with Gasteiger partial charge in [-0.15, -0.1) is 12.4 Å². The fraction of sp³-hybridized carbons (Fsp3) is 0.571. The quantitative estimate of drug-likeness (QED) is 0.890. The highest BCUT2D eigenvalue weighted by atomic mass is 35.5. The van der Waals surface area contributed by atoms with E-state index in [4.69, 9.17) is 0 Å². The van der Waals surface area contributed by atoms with Gasteiger partial charge in [0, 0.05) is 49.7 Å². The van der Waals surface area contributed by atoms with Gasteiger partial charge < -0.3 is 5.32 Å². The van der Waals surface area contributed by atoms with Crippen molar-refractivity contribution in [1.29, 1.82) is 0 Å². The standard InChI is InChI=1S/C14H23N5.ClH/c1-11(2)9-19-10-13(6-17-19)5-15-7-14-8-16-18(4)12(14)3;/h6,8,10-11,15H,5,7,9H2,1-4H3;1H. The van der Waals surface area contributed by atoms with E-state index in [-0.39, 0.29) is 12.4 Å². The van der Waals surface area contributed by atoms with Gasteiger partial charge in [0.2, 0.25) is 0 Å². The predicted molar refractivity (Wildman–Crippen MR) is 82.8 cm³/mol. The first kappa shape index (κ1) is 16.7. The second-order valence-corrected chi connectivity index (χ2v) is 5.45. The molecule has 0 atom stereocenters. The molecule has 20 heavy (non-hydrogen) atoms. The SMILES string of the molecule is Cc1c(CNCc2cnn(CC(C)C)c2)cnn1C.Cl. The third-order valence-electron chi connectivity index (χ3n) is 3.22. The van der Waals surface area contributed by atoms with Crippen molar-refractivity contribution < 1.29 is 0 Å². The van der Waals surface area contributed by atoms with Gasteiger partial charge in [0.05, 0.1) is 12.4 Å². The Morgan fingerprint density at radius 2 is 1.95 bits per heavy atom. The van der Waals surface area contributed by atoms with E-state index in [9.17, 15) is 0 Å².